The maximum absolute atomic E-state index is 13.7. The van der Waals surface area contributed by atoms with Crippen molar-refractivity contribution in [1.29, 1.82) is 5.26 Å². The molecule has 1 N–H and O–H groups in total. The van der Waals surface area contributed by atoms with Gasteiger partial charge in [0.1, 0.15) is 17.5 Å². The van der Waals surface area contributed by atoms with Gasteiger partial charge in [0.25, 0.3) is 0 Å². The minimum Gasteiger partial charge on any atom is -0.483 e. The Labute approximate surface area is 260 Å². The Hall–Kier alpha value is -6.40. The summed E-state index contributed by atoms with van der Waals surface area (Å²) >= 11 is 0. The molecular formula is C36H27N7O2. The van der Waals surface area contributed by atoms with E-state index in [4.69, 9.17) is 9.72 Å². The third-order valence-corrected chi connectivity index (χ3v) is 6.95. The molecule has 5 aromatic rings. The molecule has 0 bridgehead atoms. The van der Waals surface area contributed by atoms with Crippen molar-refractivity contribution in [2.24, 2.45) is 15.1 Å². The summed E-state index contributed by atoms with van der Waals surface area (Å²) in [6.07, 6.45) is 1.31. The highest BCUT2D eigenvalue weighted by Gasteiger charge is 2.34. The number of aliphatic imine (C=N–C) groups is 2. The number of hydrogen-bond acceptors (Lipinski definition) is 7. The number of amides is 1. The molecule has 45 heavy (non-hydrogen) atoms. The second-order valence-electron chi connectivity index (χ2n) is 9.82. The summed E-state index contributed by atoms with van der Waals surface area (Å²) in [5, 5.41) is 14.4. The standard InChI is InChI=1S/C36H27N7O2/c1-2-45-24-38-33-31(23-37)30(25-12-6-3-7-13-25)22-32(39-33)26-18-20-29(21-19-26)43-35(27-14-8-4-9-15-27)40-34(36(43)44)42-41-28-16-10-5-11-17-28/h3-22,24,41H,2H2,1H3/b38-24+,42-34-. The Morgan fingerprint density at radius 2 is 1.51 bits per heavy atom. The topological polar surface area (TPSA) is 115 Å². The fourth-order valence-electron chi connectivity index (χ4n) is 4.79. The SMILES string of the molecule is CCO/C=N/c1nc(-c2ccc(N3C(=O)/C(=N/Nc4ccccc4)N=C3c3ccccc3)cc2)cc(-c2ccccc2)c1C#N. The molecule has 9 heteroatoms. The van der Waals surface area contributed by atoms with E-state index >= 15 is 0 Å². The van der Waals surface area contributed by atoms with E-state index in [2.05, 4.69) is 26.6 Å². The first-order chi connectivity index (χ1) is 22.2. The Bertz CT molecular complexity index is 1950. The van der Waals surface area contributed by atoms with Gasteiger partial charge in [0.15, 0.2) is 12.2 Å². The molecule has 9 nitrogen and oxygen atoms in total. The molecule has 0 radical (unpaired) electrons. The first kappa shape index (κ1) is 28.7. The van der Waals surface area contributed by atoms with E-state index < -0.39 is 0 Å². The number of nitrogens with zero attached hydrogens (tertiary/aromatic N) is 6. The van der Waals surface area contributed by atoms with Crippen LogP contribution in [-0.4, -0.2) is 35.6 Å². The fourth-order valence-corrected chi connectivity index (χ4v) is 4.79. The smallest absolute Gasteiger partial charge is 0.303 e. The molecule has 0 unspecified atom stereocenters. The number of hydrazone groups is 1. The normalized spacial score (nSPS) is 13.6. The summed E-state index contributed by atoms with van der Waals surface area (Å²) in [4.78, 5) is 28.9. The van der Waals surface area contributed by atoms with Crippen molar-refractivity contribution in [3.63, 3.8) is 0 Å². The Balaban J connectivity index is 1.38. The van der Waals surface area contributed by atoms with Crippen LogP contribution in [0.4, 0.5) is 17.2 Å². The number of anilines is 2. The van der Waals surface area contributed by atoms with E-state index in [1.165, 1.54) is 6.40 Å². The van der Waals surface area contributed by atoms with Gasteiger partial charge in [-0.3, -0.25) is 15.1 Å². The number of aromatic nitrogens is 1. The molecule has 0 saturated carbocycles. The van der Waals surface area contributed by atoms with Gasteiger partial charge in [-0.05, 0) is 42.8 Å². The number of carbonyl (C=O) groups excluding carboxylic acids is 1. The van der Waals surface area contributed by atoms with E-state index in [0.29, 0.717) is 35.0 Å². The second kappa shape index (κ2) is 13.3. The van der Waals surface area contributed by atoms with Crippen molar-refractivity contribution in [1.82, 2.24) is 4.98 Å². The number of ether oxygens (including phenoxy) is 1. The van der Waals surface area contributed by atoms with Crippen LogP contribution in [0.1, 0.15) is 18.1 Å². The van der Waals surface area contributed by atoms with Gasteiger partial charge in [-0.2, -0.15) is 10.3 Å². The van der Waals surface area contributed by atoms with Crippen LogP contribution in [0.3, 0.4) is 0 Å². The molecule has 1 amide bonds. The maximum atomic E-state index is 13.7. The van der Waals surface area contributed by atoms with Crippen LogP contribution in [0.15, 0.2) is 136 Å². The van der Waals surface area contributed by atoms with Gasteiger partial charge in [0.2, 0.25) is 5.84 Å². The Kier molecular flexibility index (Phi) is 8.47. The summed E-state index contributed by atoms with van der Waals surface area (Å²) in [5.41, 5.74) is 8.36. The van der Waals surface area contributed by atoms with Crippen LogP contribution >= 0.6 is 0 Å². The van der Waals surface area contributed by atoms with Crippen molar-refractivity contribution in [2.75, 3.05) is 16.9 Å². The zero-order chi connectivity index (χ0) is 31.0. The third-order valence-electron chi connectivity index (χ3n) is 6.95. The van der Waals surface area contributed by atoms with E-state index in [-0.39, 0.29) is 17.6 Å². The van der Waals surface area contributed by atoms with Crippen LogP contribution in [0.25, 0.3) is 22.4 Å². The molecular weight excluding hydrogens is 562 g/mol. The predicted octanol–water partition coefficient (Wildman–Crippen LogP) is 7.20. The van der Waals surface area contributed by atoms with Crippen molar-refractivity contribution >= 4 is 41.2 Å². The summed E-state index contributed by atoms with van der Waals surface area (Å²) < 4.78 is 5.30. The number of nitrogens with one attached hydrogen (secondary N) is 1. The largest absolute Gasteiger partial charge is 0.483 e. The van der Waals surface area contributed by atoms with Crippen molar-refractivity contribution in [3.05, 3.63) is 132 Å². The first-order valence-electron chi connectivity index (χ1n) is 14.3. The lowest BCUT2D eigenvalue weighted by atomic mass is 9.98. The van der Waals surface area contributed by atoms with Crippen LogP contribution < -0.4 is 10.3 Å². The number of carbonyl (C=O) groups is 1. The van der Waals surface area contributed by atoms with E-state index in [1.54, 1.807) is 4.90 Å². The maximum Gasteiger partial charge on any atom is 0.303 e. The van der Waals surface area contributed by atoms with Gasteiger partial charge >= 0.3 is 5.91 Å². The number of benzene rings is 4. The molecule has 1 aliphatic rings. The minimum atomic E-state index is -0.361. The molecule has 4 aromatic carbocycles. The lowest BCUT2D eigenvalue weighted by molar-refractivity contribution is -0.111. The molecule has 1 aromatic heterocycles. The number of para-hydroxylation sites is 1. The summed E-state index contributed by atoms with van der Waals surface area (Å²) in [6, 6.07) is 40.1. The Morgan fingerprint density at radius 3 is 2.16 bits per heavy atom. The number of amidine groups is 2. The summed E-state index contributed by atoms with van der Waals surface area (Å²) in [6.45, 7) is 2.29. The van der Waals surface area contributed by atoms with Crippen LogP contribution in [0.2, 0.25) is 0 Å². The molecule has 2 heterocycles. The predicted molar refractivity (Wildman–Crippen MR) is 178 cm³/mol. The van der Waals surface area contributed by atoms with Crippen molar-refractivity contribution in [2.45, 2.75) is 6.92 Å². The second-order valence-corrected chi connectivity index (χ2v) is 9.82. The van der Waals surface area contributed by atoms with E-state index in [1.807, 2.05) is 128 Å². The Morgan fingerprint density at radius 1 is 0.867 bits per heavy atom. The minimum absolute atomic E-state index is 0.0415. The highest BCUT2D eigenvalue weighted by atomic mass is 16.5. The van der Waals surface area contributed by atoms with Gasteiger partial charge in [-0.15, -0.1) is 5.10 Å². The van der Waals surface area contributed by atoms with E-state index in [0.717, 1.165) is 22.4 Å². The molecule has 0 aliphatic carbocycles. The molecule has 0 saturated heterocycles. The highest BCUT2D eigenvalue weighted by molar-refractivity contribution is 6.55. The van der Waals surface area contributed by atoms with Crippen LogP contribution in [0, 0.1) is 11.3 Å². The number of rotatable bonds is 9. The average Bonchev–Trinajstić information content (AvgIpc) is 3.44. The average molecular weight is 590 g/mol. The first-order valence-corrected chi connectivity index (χ1v) is 14.3. The van der Waals surface area contributed by atoms with E-state index in [9.17, 15) is 10.1 Å². The number of hydrogen-bond donors (Lipinski definition) is 1. The van der Waals surface area contributed by atoms with Gasteiger partial charge < -0.3 is 4.74 Å². The van der Waals surface area contributed by atoms with Gasteiger partial charge in [-0.1, -0.05) is 91.0 Å². The third kappa shape index (κ3) is 6.21. The number of pyridine rings is 1. The lowest BCUT2D eigenvalue weighted by Gasteiger charge is -2.19. The van der Waals surface area contributed by atoms with Gasteiger partial charge in [0, 0.05) is 16.7 Å². The quantitative estimate of drug-likeness (QED) is 0.111. The zero-order valence-electron chi connectivity index (χ0n) is 24.3. The van der Waals surface area contributed by atoms with Crippen molar-refractivity contribution in [3.8, 4) is 28.5 Å². The highest BCUT2D eigenvalue weighted by Crippen LogP contribution is 2.34. The summed E-state index contributed by atoms with van der Waals surface area (Å²) in [5.74, 6) is 0.407. The lowest BCUT2D eigenvalue weighted by Crippen LogP contribution is -2.34. The van der Waals surface area contributed by atoms with Crippen LogP contribution in [0.5, 0.6) is 0 Å². The van der Waals surface area contributed by atoms with Crippen LogP contribution in [-0.2, 0) is 9.53 Å². The monoisotopic (exact) mass is 589 g/mol. The molecule has 6 rings (SSSR count). The van der Waals surface area contributed by atoms with Gasteiger partial charge in [-0.25, -0.2) is 9.98 Å². The number of nitriles is 1. The van der Waals surface area contributed by atoms with Gasteiger partial charge in [0.05, 0.1) is 23.7 Å². The molecule has 0 spiro atoms. The fraction of sp³-hybridized carbons (Fsp3) is 0.0556. The molecule has 0 atom stereocenters. The molecule has 1 aliphatic heterocycles. The molecule has 0 fully saturated rings. The molecule has 218 valence electrons. The van der Waals surface area contributed by atoms with Crippen molar-refractivity contribution < 1.29 is 9.53 Å². The zero-order valence-corrected chi connectivity index (χ0v) is 24.3. The summed E-state index contributed by atoms with van der Waals surface area (Å²) in [7, 11) is 0.